The van der Waals surface area contributed by atoms with Gasteiger partial charge in [0, 0.05) is 18.6 Å². The summed E-state index contributed by atoms with van der Waals surface area (Å²) < 4.78 is 1.60. The molecule has 0 bridgehead atoms. The Morgan fingerprint density at radius 3 is 2.90 bits per heavy atom. The van der Waals surface area contributed by atoms with Crippen molar-refractivity contribution in [2.24, 2.45) is 7.05 Å². The number of aromatic nitrogens is 4. The second kappa shape index (κ2) is 4.57. The van der Waals surface area contributed by atoms with Gasteiger partial charge in [0.05, 0.1) is 23.0 Å². The lowest BCUT2D eigenvalue weighted by Gasteiger charge is -2.08. The summed E-state index contributed by atoms with van der Waals surface area (Å²) in [7, 11) is 1.76. The molecule has 2 N–H and O–H groups in total. The number of aryl methyl sites for hydroxylation is 2. The van der Waals surface area contributed by atoms with Crippen LogP contribution in [0.15, 0.2) is 17.8 Å². The Balaban J connectivity index is 2.19. The topological polar surface area (TPSA) is 92.9 Å². The van der Waals surface area contributed by atoms with Gasteiger partial charge in [-0.3, -0.25) is 4.68 Å². The molecule has 0 fully saturated rings. The molecule has 0 spiro atoms. The number of thiazole rings is 1. The number of hydrogen-bond donors (Lipinski definition) is 2. The maximum absolute atomic E-state index is 11.3. The van der Waals surface area contributed by atoms with E-state index in [1.54, 1.807) is 17.9 Å². The van der Waals surface area contributed by atoms with Gasteiger partial charge in [0.15, 0.2) is 10.8 Å². The van der Waals surface area contributed by atoms with Crippen molar-refractivity contribution < 1.29 is 9.90 Å². The molecule has 0 aliphatic heterocycles. The lowest BCUT2D eigenvalue weighted by Crippen LogP contribution is -2.05. The minimum atomic E-state index is -1.04. The van der Waals surface area contributed by atoms with Crippen LogP contribution in [0.2, 0.25) is 0 Å². The van der Waals surface area contributed by atoms with Gasteiger partial charge in [-0.1, -0.05) is 0 Å². The van der Waals surface area contributed by atoms with Gasteiger partial charge >= 0.3 is 5.97 Å². The highest BCUT2D eigenvalue weighted by atomic mass is 32.1. The fourth-order valence-electron chi connectivity index (χ4n) is 1.91. The third-order valence-electron chi connectivity index (χ3n) is 2.84. The zero-order valence-corrected chi connectivity index (χ0v) is 11.6. The number of rotatable bonds is 3. The average molecular weight is 289 g/mol. The molecular formula is C12H11N5O2S. The number of carbonyl (C=O) groups is 1. The Hall–Kier alpha value is -2.48. The van der Waals surface area contributed by atoms with E-state index < -0.39 is 5.97 Å². The first-order chi connectivity index (χ1) is 9.56. The van der Waals surface area contributed by atoms with Gasteiger partial charge in [0.1, 0.15) is 5.56 Å². The third kappa shape index (κ3) is 1.99. The van der Waals surface area contributed by atoms with Gasteiger partial charge in [-0.15, -0.1) is 11.3 Å². The zero-order valence-electron chi connectivity index (χ0n) is 10.8. The van der Waals surface area contributed by atoms with E-state index >= 15 is 0 Å². The van der Waals surface area contributed by atoms with Crippen molar-refractivity contribution in [3.05, 3.63) is 29.0 Å². The molecule has 0 aliphatic rings. The second-order valence-corrected chi connectivity index (χ2v) is 5.13. The highest BCUT2D eigenvalue weighted by molar-refractivity contribution is 7.13. The minimum Gasteiger partial charge on any atom is -0.478 e. The molecule has 0 atom stereocenters. The van der Waals surface area contributed by atoms with Crippen LogP contribution in [0.1, 0.15) is 16.1 Å². The monoisotopic (exact) mass is 289 g/mol. The smallest absolute Gasteiger partial charge is 0.339 e. The summed E-state index contributed by atoms with van der Waals surface area (Å²) in [5.74, 6) is -1.04. The van der Waals surface area contributed by atoms with Gasteiger partial charge in [-0.25, -0.2) is 14.8 Å². The third-order valence-corrected chi connectivity index (χ3v) is 3.72. The van der Waals surface area contributed by atoms with E-state index in [4.69, 9.17) is 0 Å². The molecule has 0 unspecified atom stereocenters. The number of fused-ring (bicyclic) bond motifs is 1. The van der Waals surface area contributed by atoms with E-state index in [0.717, 1.165) is 5.69 Å². The number of nitrogens with one attached hydrogen (secondary N) is 1. The van der Waals surface area contributed by atoms with Crippen LogP contribution in [0.5, 0.6) is 0 Å². The Morgan fingerprint density at radius 2 is 2.25 bits per heavy atom. The van der Waals surface area contributed by atoms with E-state index in [1.807, 2.05) is 12.3 Å². The predicted octanol–water partition coefficient (Wildman–Crippen LogP) is 2.18. The van der Waals surface area contributed by atoms with E-state index in [9.17, 15) is 9.90 Å². The molecule has 7 nitrogen and oxygen atoms in total. The van der Waals surface area contributed by atoms with Gasteiger partial charge in [-0.2, -0.15) is 5.10 Å². The van der Waals surface area contributed by atoms with Gasteiger partial charge in [0.2, 0.25) is 0 Å². The lowest BCUT2D eigenvalue weighted by atomic mass is 10.2. The first-order valence-electron chi connectivity index (χ1n) is 5.79. The first-order valence-corrected chi connectivity index (χ1v) is 6.67. The van der Waals surface area contributed by atoms with Crippen LogP contribution in [0.3, 0.4) is 0 Å². The predicted molar refractivity (Wildman–Crippen MR) is 75.6 cm³/mol. The summed E-state index contributed by atoms with van der Waals surface area (Å²) in [4.78, 5) is 19.8. The largest absolute Gasteiger partial charge is 0.478 e. The molecule has 3 aromatic heterocycles. The van der Waals surface area contributed by atoms with E-state index in [0.29, 0.717) is 21.9 Å². The van der Waals surface area contributed by atoms with E-state index in [1.165, 1.54) is 17.5 Å². The standard InChI is InChI=1S/C12H11N5O2S/c1-6-5-20-12(15-6)16-9-7-4-14-17(2)10(7)13-3-8(9)11(18)19/h3-5H,1-2H3,(H,18,19)(H,13,15,16). The number of aromatic carboxylic acids is 1. The molecular weight excluding hydrogens is 278 g/mol. The quantitative estimate of drug-likeness (QED) is 0.767. The molecule has 3 aromatic rings. The summed E-state index contributed by atoms with van der Waals surface area (Å²) in [6, 6.07) is 0. The van der Waals surface area contributed by atoms with Crippen LogP contribution in [-0.4, -0.2) is 30.8 Å². The van der Waals surface area contributed by atoms with Crippen LogP contribution in [0.25, 0.3) is 11.0 Å². The molecule has 0 aromatic carbocycles. The number of hydrogen-bond acceptors (Lipinski definition) is 6. The van der Waals surface area contributed by atoms with Crippen molar-refractivity contribution in [2.45, 2.75) is 6.92 Å². The maximum Gasteiger partial charge on any atom is 0.339 e. The Bertz CT molecular complexity index is 807. The average Bonchev–Trinajstić information content (AvgIpc) is 2.97. The van der Waals surface area contributed by atoms with Crippen molar-refractivity contribution in [1.82, 2.24) is 19.7 Å². The molecule has 0 aliphatic carbocycles. The second-order valence-electron chi connectivity index (χ2n) is 4.28. The van der Waals surface area contributed by atoms with Crippen molar-refractivity contribution in [1.29, 1.82) is 0 Å². The fourth-order valence-corrected chi connectivity index (χ4v) is 2.60. The zero-order chi connectivity index (χ0) is 14.3. The molecule has 0 radical (unpaired) electrons. The molecule has 0 amide bonds. The summed E-state index contributed by atoms with van der Waals surface area (Å²) in [5, 5.41) is 19.6. The maximum atomic E-state index is 11.3. The Morgan fingerprint density at radius 1 is 1.45 bits per heavy atom. The Labute approximate surface area is 117 Å². The fraction of sp³-hybridized carbons (Fsp3) is 0.167. The molecule has 3 rings (SSSR count). The van der Waals surface area contributed by atoms with Crippen molar-refractivity contribution in [3.63, 3.8) is 0 Å². The summed E-state index contributed by atoms with van der Waals surface area (Å²) in [6.45, 7) is 1.88. The number of anilines is 2. The molecule has 102 valence electrons. The van der Waals surface area contributed by atoms with Crippen LogP contribution >= 0.6 is 11.3 Å². The van der Waals surface area contributed by atoms with Crippen LogP contribution < -0.4 is 5.32 Å². The van der Waals surface area contributed by atoms with Gasteiger partial charge in [-0.05, 0) is 6.92 Å². The van der Waals surface area contributed by atoms with Crippen molar-refractivity contribution in [2.75, 3.05) is 5.32 Å². The molecule has 3 heterocycles. The summed E-state index contributed by atoms with van der Waals surface area (Å²) in [6.07, 6.45) is 2.92. The summed E-state index contributed by atoms with van der Waals surface area (Å²) >= 11 is 1.42. The number of nitrogens with zero attached hydrogens (tertiary/aromatic N) is 4. The molecule has 0 saturated heterocycles. The van der Waals surface area contributed by atoms with E-state index in [2.05, 4.69) is 20.4 Å². The van der Waals surface area contributed by atoms with Crippen molar-refractivity contribution in [3.8, 4) is 0 Å². The minimum absolute atomic E-state index is 0.0957. The van der Waals surface area contributed by atoms with Gasteiger partial charge < -0.3 is 10.4 Å². The van der Waals surface area contributed by atoms with Crippen LogP contribution in [-0.2, 0) is 7.05 Å². The molecule has 0 saturated carbocycles. The van der Waals surface area contributed by atoms with Gasteiger partial charge in [0.25, 0.3) is 0 Å². The van der Waals surface area contributed by atoms with Crippen LogP contribution in [0, 0.1) is 6.92 Å². The Kier molecular flexibility index (Phi) is 2.87. The normalized spacial score (nSPS) is 10.9. The highest BCUT2D eigenvalue weighted by Crippen LogP contribution is 2.30. The molecule has 8 heteroatoms. The first kappa shape index (κ1) is 12.5. The highest BCUT2D eigenvalue weighted by Gasteiger charge is 2.17. The summed E-state index contributed by atoms with van der Waals surface area (Å²) in [5.41, 5.74) is 2.06. The lowest BCUT2D eigenvalue weighted by molar-refractivity contribution is 0.0697. The van der Waals surface area contributed by atoms with Crippen molar-refractivity contribution >= 4 is 39.2 Å². The number of pyridine rings is 1. The van der Waals surface area contributed by atoms with Crippen LogP contribution in [0.4, 0.5) is 10.8 Å². The molecule has 20 heavy (non-hydrogen) atoms. The number of carboxylic acid groups (broad SMARTS) is 1. The number of carboxylic acids is 1. The van der Waals surface area contributed by atoms with E-state index in [-0.39, 0.29) is 5.56 Å². The SMILES string of the molecule is Cc1csc(Nc2c(C(=O)O)cnc3c2cnn3C)n1.